The van der Waals surface area contributed by atoms with Crippen molar-refractivity contribution in [1.82, 2.24) is 5.32 Å². The van der Waals surface area contributed by atoms with Crippen LogP contribution in [0, 0.1) is 0 Å². The Labute approximate surface area is 116 Å². The first-order valence-corrected chi connectivity index (χ1v) is 6.89. The van der Waals surface area contributed by atoms with Gasteiger partial charge in [-0.3, -0.25) is 0 Å². The predicted octanol–water partition coefficient (Wildman–Crippen LogP) is 2.89. The second kappa shape index (κ2) is 7.97. The summed E-state index contributed by atoms with van der Waals surface area (Å²) in [5.74, 6) is 0.849. The number of nitrogens with one attached hydrogen (secondary N) is 1. The van der Waals surface area contributed by atoms with Gasteiger partial charge in [-0.2, -0.15) is 0 Å². The predicted molar refractivity (Wildman–Crippen MR) is 79.4 cm³/mol. The van der Waals surface area contributed by atoms with E-state index in [1.807, 2.05) is 38.1 Å². The Morgan fingerprint density at radius 1 is 1.26 bits per heavy atom. The van der Waals surface area contributed by atoms with Gasteiger partial charge in [0.05, 0.1) is 5.60 Å². The second-order valence-corrected chi connectivity index (χ2v) is 4.78. The van der Waals surface area contributed by atoms with Gasteiger partial charge in [0.25, 0.3) is 0 Å². The van der Waals surface area contributed by atoms with E-state index in [4.69, 9.17) is 4.74 Å². The van der Waals surface area contributed by atoms with Crippen LogP contribution in [0.25, 0.3) is 0 Å². The van der Waals surface area contributed by atoms with Crippen molar-refractivity contribution in [2.75, 3.05) is 13.2 Å². The van der Waals surface area contributed by atoms with E-state index in [1.165, 1.54) is 5.56 Å². The molecule has 106 valence electrons. The molecule has 0 fully saturated rings. The van der Waals surface area contributed by atoms with Crippen molar-refractivity contribution in [3.8, 4) is 5.75 Å². The van der Waals surface area contributed by atoms with Gasteiger partial charge in [0, 0.05) is 13.1 Å². The second-order valence-electron chi connectivity index (χ2n) is 4.78. The highest BCUT2D eigenvalue weighted by atomic mass is 16.5. The molecule has 0 aliphatic carbocycles. The Kier molecular flexibility index (Phi) is 6.60. The smallest absolute Gasteiger partial charge is 0.119 e. The lowest BCUT2D eigenvalue weighted by Crippen LogP contribution is -2.39. The number of hydrogen-bond acceptors (Lipinski definition) is 3. The number of benzene rings is 1. The molecule has 0 radical (unpaired) electrons. The Bertz CT molecular complexity index is 369. The molecule has 2 N–H and O–H groups in total. The molecular weight excluding hydrogens is 238 g/mol. The lowest BCUT2D eigenvalue weighted by molar-refractivity contribution is 0.0323. The highest BCUT2D eigenvalue weighted by molar-refractivity contribution is 5.27. The molecule has 19 heavy (non-hydrogen) atoms. The van der Waals surface area contributed by atoms with Gasteiger partial charge in [-0.1, -0.05) is 38.6 Å². The van der Waals surface area contributed by atoms with Crippen LogP contribution in [-0.4, -0.2) is 23.9 Å². The van der Waals surface area contributed by atoms with E-state index in [2.05, 4.69) is 11.9 Å². The molecule has 0 atom stereocenters. The topological polar surface area (TPSA) is 41.5 Å². The fourth-order valence-electron chi connectivity index (χ4n) is 1.80. The van der Waals surface area contributed by atoms with Gasteiger partial charge >= 0.3 is 0 Å². The third-order valence-electron chi connectivity index (χ3n) is 3.39. The van der Waals surface area contributed by atoms with Gasteiger partial charge in [0.15, 0.2) is 0 Å². The van der Waals surface area contributed by atoms with Crippen molar-refractivity contribution >= 4 is 0 Å². The van der Waals surface area contributed by atoms with E-state index in [0.29, 0.717) is 13.2 Å². The van der Waals surface area contributed by atoms with Gasteiger partial charge in [-0.25, -0.2) is 0 Å². The SMILES string of the molecule is C=CCOc1ccc(CNCC(O)(CC)CC)cc1. The summed E-state index contributed by atoms with van der Waals surface area (Å²) in [6, 6.07) is 7.96. The van der Waals surface area contributed by atoms with Gasteiger partial charge in [-0.05, 0) is 30.5 Å². The van der Waals surface area contributed by atoms with Crippen LogP contribution in [0.1, 0.15) is 32.3 Å². The first kappa shape index (κ1) is 15.7. The molecule has 0 aliphatic heterocycles. The summed E-state index contributed by atoms with van der Waals surface area (Å²) in [5.41, 5.74) is 0.591. The van der Waals surface area contributed by atoms with Gasteiger partial charge < -0.3 is 15.2 Å². The summed E-state index contributed by atoms with van der Waals surface area (Å²) in [6.07, 6.45) is 3.27. The minimum Gasteiger partial charge on any atom is -0.490 e. The molecule has 0 saturated heterocycles. The van der Waals surface area contributed by atoms with Crippen LogP contribution < -0.4 is 10.1 Å². The van der Waals surface area contributed by atoms with Crippen molar-refractivity contribution in [1.29, 1.82) is 0 Å². The van der Waals surface area contributed by atoms with Crippen LogP contribution >= 0.6 is 0 Å². The molecule has 0 spiro atoms. The van der Waals surface area contributed by atoms with Crippen molar-refractivity contribution in [3.63, 3.8) is 0 Å². The minimum atomic E-state index is -0.590. The Morgan fingerprint density at radius 2 is 1.89 bits per heavy atom. The zero-order chi connectivity index (χ0) is 14.1. The summed E-state index contributed by atoms with van der Waals surface area (Å²) in [4.78, 5) is 0. The maximum absolute atomic E-state index is 10.2. The van der Waals surface area contributed by atoms with E-state index in [9.17, 15) is 5.11 Å². The van der Waals surface area contributed by atoms with Crippen LogP contribution in [0.15, 0.2) is 36.9 Å². The van der Waals surface area contributed by atoms with Crippen LogP contribution in [0.2, 0.25) is 0 Å². The highest BCUT2D eigenvalue weighted by Gasteiger charge is 2.20. The fraction of sp³-hybridized carbons (Fsp3) is 0.500. The van der Waals surface area contributed by atoms with Crippen molar-refractivity contribution in [2.45, 2.75) is 38.8 Å². The maximum Gasteiger partial charge on any atom is 0.119 e. The lowest BCUT2D eigenvalue weighted by Gasteiger charge is -2.25. The van der Waals surface area contributed by atoms with Crippen molar-refractivity contribution in [2.24, 2.45) is 0 Å². The van der Waals surface area contributed by atoms with E-state index in [0.717, 1.165) is 25.1 Å². The van der Waals surface area contributed by atoms with Gasteiger partial charge in [-0.15, -0.1) is 0 Å². The molecule has 0 unspecified atom stereocenters. The summed E-state index contributed by atoms with van der Waals surface area (Å²) in [7, 11) is 0. The normalized spacial score (nSPS) is 11.3. The number of ether oxygens (including phenoxy) is 1. The minimum absolute atomic E-state index is 0.525. The highest BCUT2D eigenvalue weighted by Crippen LogP contribution is 2.14. The van der Waals surface area contributed by atoms with Crippen LogP contribution in [0.4, 0.5) is 0 Å². The third-order valence-corrected chi connectivity index (χ3v) is 3.39. The average Bonchev–Trinajstić information content (AvgIpc) is 2.46. The Balaban J connectivity index is 2.39. The molecule has 1 aromatic rings. The van der Waals surface area contributed by atoms with Gasteiger partial charge in [0.1, 0.15) is 12.4 Å². The van der Waals surface area contributed by atoms with Crippen LogP contribution in [0.5, 0.6) is 5.75 Å². The summed E-state index contributed by atoms with van der Waals surface area (Å²) in [5, 5.41) is 13.5. The summed E-state index contributed by atoms with van der Waals surface area (Å²) in [6.45, 7) is 9.54. The molecule has 0 bridgehead atoms. The third kappa shape index (κ3) is 5.45. The Hall–Kier alpha value is -1.32. The first-order valence-electron chi connectivity index (χ1n) is 6.89. The number of hydrogen-bond donors (Lipinski definition) is 2. The molecule has 0 amide bonds. The zero-order valence-corrected chi connectivity index (χ0v) is 12.0. The number of aliphatic hydroxyl groups is 1. The first-order chi connectivity index (χ1) is 9.13. The van der Waals surface area contributed by atoms with E-state index in [-0.39, 0.29) is 0 Å². The van der Waals surface area contributed by atoms with Gasteiger partial charge in [0.2, 0.25) is 0 Å². The van der Waals surface area contributed by atoms with E-state index in [1.54, 1.807) is 6.08 Å². The van der Waals surface area contributed by atoms with Crippen molar-refractivity contribution < 1.29 is 9.84 Å². The van der Waals surface area contributed by atoms with Crippen molar-refractivity contribution in [3.05, 3.63) is 42.5 Å². The largest absolute Gasteiger partial charge is 0.490 e. The molecular formula is C16H25NO2. The average molecular weight is 263 g/mol. The van der Waals surface area contributed by atoms with E-state index >= 15 is 0 Å². The fourth-order valence-corrected chi connectivity index (χ4v) is 1.80. The van der Waals surface area contributed by atoms with E-state index < -0.39 is 5.60 Å². The molecule has 1 rings (SSSR count). The zero-order valence-electron chi connectivity index (χ0n) is 12.0. The summed E-state index contributed by atoms with van der Waals surface area (Å²) < 4.78 is 5.43. The quantitative estimate of drug-likeness (QED) is 0.673. The standard InChI is InChI=1S/C16H25NO2/c1-4-11-19-15-9-7-14(8-10-15)12-17-13-16(18,5-2)6-3/h4,7-10,17-18H,1,5-6,11-13H2,2-3H3. The molecule has 0 aromatic heterocycles. The maximum atomic E-state index is 10.2. The molecule has 0 saturated carbocycles. The lowest BCUT2D eigenvalue weighted by atomic mass is 9.97. The molecule has 3 heteroatoms. The van der Waals surface area contributed by atoms with Crippen LogP contribution in [-0.2, 0) is 6.54 Å². The monoisotopic (exact) mass is 263 g/mol. The molecule has 0 heterocycles. The Morgan fingerprint density at radius 3 is 2.42 bits per heavy atom. The van der Waals surface area contributed by atoms with Crippen LogP contribution in [0.3, 0.4) is 0 Å². The number of rotatable bonds is 9. The summed E-state index contributed by atoms with van der Waals surface area (Å²) >= 11 is 0. The molecule has 1 aromatic carbocycles. The molecule has 3 nitrogen and oxygen atoms in total. The molecule has 0 aliphatic rings.